The SMILES string of the molecule is CCNC(=NCc1ccn(C)c1)NCC(c1ccccc1)N(CC)CC. The topological polar surface area (TPSA) is 44.6 Å². The summed E-state index contributed by atoms with van der Waals surface area (Å²) in [5.41, 5.74) is 2.55. The predicted octanol–water partition coefficient (Wildman–Crippen LogP) is 3.16. The van der Waals surface area contributed by atoms with Gasteiger partial charge in [0.2, 0.25) is 0 Å². The van der Waals surface area contributed by atoms with Gasteiger partial charge in [0.05, 0.1) is 12.6 Å². The maximum Gasteiger partial charge on any atom is 0.191 e. The highest BCUT2D eigenvalue weighted by Gasteiger charge is 2.18. The molecule has 2 N–H and O–H groups in total. The lowest BCUT2D eigenvalue weighted by molar-refractivity contribution is 0.219. The highest BCUT2D eigenvalue weighted by molar-refractivity contribution is 5.79. The van der Waals surface area contributed by atoms with E-state index in [1.807, 2.05) is 7.05 Å². The molecule has 0 aliphatic carbocycles. The van der Waals surface area contributed by atoms with Gasteiger partial charge in [-0.05, 0) is 37.2 Å². The number of rotatable bonds is 9. The van der Waals surface area contributed by atoms with Gasteiger partial charge in [-0.2, -0.15) is 0 Å². The molecule has 1 heterocycles. The third-order valence-corrected chi connectivity index (χ3v) is 4.56. The Hall–Kier alpha value is -2.27. The minimum Gasteiger partial charge on any atom is -0.357 e. The Labute approximate surface area is 158 Å². The maximum absolute atomic E-state index is 4.74. The monoisotopic (exact) mass is 355 g/mol. The second-order valence-corrected chi connectivity index (χ2v) is 6.41. The van der Waals surface area contributed by atoms with Crippen LogP contribution in [0.1, 0.15) is 37.9 Å². The van der Waals surface area contributed by atoms with Crippen LogP contribution in [0.3, 0.4) is 0 Å². The molecule has 2 aromatic rings. The zero-order valence-corrected chi connectivity index (χ0v) is 16.6. The number of guanidine groups is 1. The molecule has 0 amide bonds. The van der Waals surface area contributed by atoms with Crippen LogP contribution in [0, 0.1) is 0 Å². The first-order valence-electron chi connectivity index (χ1n) is 9.59. The van der Waals surface area contributed by atoms with Gasteiger partial charge in [-0.3, -0.25) is 4.90 Å². The third kappa shape index (κ3) is 5.92. The number of likely N-dealkylation sites (N-methyl/N-ethyl adjacent to an activating group) is 1. The molecular weight excluding hydrogens is 322 g/mol. The highest BCUT2D eigenvalue weighted by atomic mass is 15.2. The van der Waals surface area contributed by atoms with Gasteiger partial charge in [-0.1, -0.05) is 44.2 Å². The normalized spacial score (nSPS) is 13.0. The van der Waals surface area contributed by atoms with Crippen LogP contribution in [-0.4, -0.2) is 41.6 Å². The molecule has 0 bridgehead atoms. The molecule has 0 fully saturated rings. The Bertz CT molecular complexity index is 658. The Morgan fingerprint density at radius 2 is 1.81 bits per heavy atom. The summed E-state index contributed by atoms with van der Waals surface area (Å²) in [4.78, 5) is 7.21. The first kappa shape index (κ1) is 20.0. The molecule has 0 saturated heterocycles. The van der Waals surface area contributed by atoms with Gasteiger partial charge in [0.1, 0.15) is 0 Å². The van der Waals surface area contributed by atoms with Crippen molar-refractivity contribution in [2.45, 2.75) is 33.4 Å². The number of hydrogen-bond donors (Lipinski definition) is 2. The number of benzene rings is 1. The highest BCUT2D eigenvalue weighted by Crippen LogP contribution is 2.19. The van der Waals surface area contributed by atoms with Gasteiger partial charge in [0, 0.05) is 32.5 Å². The number of hydrogen-bond acceptors (Lipinski definition) is 2. The van der Waals surface area contributed by atoms with E-state index in [0.717, 1.165) is 32.1 Å². The van der Waals surface area contributed by atoms with Gasteiger partial charge in [0.15, 0.2) is 5.96 Å². The van der Waals surface area contributed by atoms with Crippen LogP contribution in [0.2, 0.25) is 0 Å². The van der Waals surface area contributed by atoms with Crippen molar-refractivity contribution in [2.75, 3.05) is 26.2 Å². The molecule has 5 heteroatoms. The number of aromatic nitrogens is 1. The fourth-order valence-electron chi connectivity index (χ4n) is 3.16. The molecule has 0 aliphatic rings. The van der Waals surface area contributed by atoms with E-state index in [0.29, 0.717) is 12.6 Å². The van der Waals surface area contributed by atoms with Gasteiger partial charge in [-0.25, -0.2) is 4.99 Å². The van der Waals surface area contributed by atoms with Crippen molar-refractivity contribution in [3.63, 3.8) is 0 Å². The first-order valence-corrected chi connectivity index (χ1v) is 9.59. The van der Waals surface area contributed by atoms with Crippen molar-refractivity contribution in [3.8, 4) is 0 Å². The lowest BCUT2D eigenvalue weighted by Crippen LogP contribution is -2.43. The molecule has 5 nitrogen and oxygen atoms in total. The van der Waals surface area contributed by atoms with E-state index >= 15 is 0 Å². The molecule has 0 saturated carbocycles. The van der Waals surface area contributed by atoms with Crippen LogP contribution in [0.5, 0.6) is 0 Å². The fourth-order valence-corrected chi connectivity index (χ4v) is 3.16. The van der Waals surface area contributed by atoms with Crippen LogP contribution in [0.15, 0.2) is 53.8 Å². The van der Waals surface area contributed by atoms with Crippen molar-refractivity contribution in [3.05, 3.63) is 59.9 Å². The van der Waals surface area contributed by atoms with E-state index in [1.165, 1.54) is 11.1 Å². The Morgan fingerprint density at radius 1 is 1.08 bits per heavy atom. The zero-order valence-electron chi connectivity index (χ0n) is 16.6. The molecule has 142 valence electrons. The van der Waals surface area contributed by atoms with E-state index in [2.05, 4.69) is 89.7 Å². The number of aliphatic imine (C=N–C) groups is 1. The van der Waals surface area contributed by atoms with E-state index in [-0.39, 0.29) is 0 Å². The number of nitrogens with one attached hydrogen (secondary N) is 2. The Balaban J connectivity index is 2.07. The maximum atomic E-state index is 4.74. The van der Waals surface area contributed by atoms with Gasteiger partial charge in [-0.15, -0.1) is 0 Å². The average molecular weight is 356 g/mol. The van der Waals surface area contributed by atoms with Gasteiger partial charge in [0.25, 0.3) is 0 Å². The molecule has 1 aromatic carbocycles. The summed E-state index contributed by atoms with van der Waals surface area (Å²) in [7, 11) is 2.03. The average Bonchev–Trinajstić information content (AvgIpc) is 3.09. The lowest BCUT2D eigenvalue weighted by Gasteiger charge is -2.30. The largest absolute Gasteiger partial charge is 0.357 e. The summed E-state index contributed by atoms with van der Waals surface area (Å²) in [6, 6.07) is 13.1. The second-order valence-electron chi connectivity index (χ2n) is 6.41. The summed E-state index contributed by atoms with van der Waals surface area (Å²) in [6.07, 6.45) is 4.16. The van der Waals surface area contributed by atoms with Crippen LogP contribution in [0.25, 0.3) is 0 Å². The first-order chi connectivity index (χ1) is 12.7. The molecular formula is C21H33N5. The Morgan fingerprint density at radius 3 is 2.38 bits per heavy atom. The molecule has 0 radical (unpaired) electrons. The summed E-state index contributed by atoms with van der Waals surface area (Å²) < 4.78 is 2.05. The quantitative estimate of drug-likeness (QED) is 0.536. The summed E-state index contributed by atoms with van der Waals surface area (Å²) in [6.45, 7) is 10.9. The van der Waals surface area contributed by atoms with Crippen LogP contribution in [0.4, 0.5) is 0 Å². The molecule has 1 atom stereocenters. The fraction of sp³-hybridized carbons (Fsp3) is 0.476. The predicted molar refractivity (Wildman–Crippen MR) is 110 cm³/mol. The zero-order chi connectivity index (χ0) is 18.8. The number of nitrogens with zero attached hydrogens (tertiary/aromatic N) is 3. The minimum atomic E-state index is 0.326. The van der Waals surface area contributed by atoms with Crippen LogP contribution < -0.4 is 10.6 Å². The molecule has 26 heavy (non-hydrogen) atoms. The van der Waals surface area contributed by atoms with Crippen LogP contribution in [-0.2, 0) is 13.6 Å². The van der Waals surface area contributed by atoms with Crippen LogP contribution >= 0.6 is 0 Å². The number of aryl methyl sites for hydroxylation is 1. The molecule has 1 aromatic heterocycles. The van der Waals surface area contributed by atoms with E-state index in [9.17, 15) is 0 Å². The van der Waals surface area contributed by atoms with Crippen molar-refractivity contribution in [1.29, 1.82) is 0 Å². The van der Waals surface area contributed by atoms with E-state index in [4.69, 9.17) is 4.99 Å². The Kier molecular flexibility index (Phi) is 8.22. The van der Waals surface area contributed by atoms with Crippen molar-refractivity contribution < 1.29 is 0 Å². The van der Waals surface area contributed by atoms with Crippen molar-refractivity contribution in [1.82, 2.24) is 20.1 Å². The van der Waals surface area contributed by atoms with E-state index < -0.39 is 0 Å². The summed E-state index contributed by atoms with van der Waals surface area (Å²) >= 11 is 0. The standard InChI is InChI=1S/C21H33N5/c1-5-22-21(23-15-18-13-14-25(4)17-18)24-16-20(26(6-2)7-3)19-11-9-8-10-12-19/h8-14,17,20H,5-7,15-16H2,1-4H3,(H2,22,23,24). The van der Waals surface area contributed by atoms with Gasteiger partial charge < -0.3 is 15.2 Å². The summed E-state index contributed by atoms with van der Waals surface area (Å²) in [5, 5.41) is 6.89. The van der Waals surface area contributed by atoms with Crippen molar-refractivity contribution in [2.24, 2.45) is 12.0 Å². The molecule has 0 aliphatic heterocycles. The second kappa shape index (κ2) is 10.7. The van der Waals surface area contributed by atoms with Gasteiger partial charge >= 0.3 is 0 Å². The molecule has 1 unspecified atom stereocenters. The third-order valence-electron chi connectivity index (χ3n) is 4.56. The minimum absolute atomic E-state index is 0.326. The van der Waals surface area contributed by atoms with E-state index in [1.54, 1.807) is 0 Å². The lowest BCUT2D eigenvalue weighted by atomic mass is 10.1. The summed E-state index contributed by atoms with van der Waals surface area (Å²) in [5.74, 6) is 0.865. The van der Waals surface area contributed by atoms with Crippen molar-refractivity contribution >= 4 is 5.96 Å². The smallest absolute Gasteiger partial charge is 0.191 e. The molecule has 0 spiro atoms. The molecule has 2 rings (SSSR count).